The number of hydrogen-bond acceptors (Lipinski definition) is 34. The summed E-state index contributed by atoms with van der Waals surface area (Å²) in [6.45, 7) is 17.1. The zero-order chi connectivity index (χ0) is 70.4. The van der Waals surface area contributed by atoms with Gasteiger partial charge in [0.15, 0.2) is 50.8 Å². The van der Waals surface area contributed by atoms with E-state index in [0.717, 1.165) is 0 Å². The quantitative estimate of drug-likeness (QED) is 0.0799. The van der Waals surface area contributed by atoms with Gasteiger partial charge in [-0.15, -0.1) is 11.8 Å². The normalized spacial score (nSPS) is 35.3. The monoisotopic (exact) mass is 1370 g/mol. The average Bonchev–Trinajstić information content (AvgIpc) is 1.58. The Hall–Kier alpha value is -9.21. The van der Waals surface area contributed by atoms with E-state index in [4.69, 9.17) is 80.5 Å². The largest absolute Gasteiger partial charge is 0.469 e. The van der Waals surface area contributed by atoms with E-state index >= 15 is 0 Å². The molecule has 24 unspecified atom stereocenters. The molecule has 8 bridgehead atoms. The molecule has 520 valence electrons. The smallest absolute Gasteiger partial charge is 0.344 e. The van der Waals surface area contributed by atoms with Crippen LogP contribution in [0.3, 0.4) is 0 Å². The van der Waals surface area contributed by atoms with Crippen molar-refractivity contribution in [3.63, 3.8) is 0 Å². The molecular weight excluding hydrogens is 1300 g/mol. The van der Waals surface area contributed by atoms with Crippen LogP contribution >= 0.6 is 11.8 Å². The first-order chi connectivity index (χ1) is 45.4. The second-order valence-electron chi connectivity index (χ2n) is 24.4. The summed E-state index contributed by atoms with van der Waals surface area (Å²) in [6, 6.07) is 0. The molecular formula is C62H68O33S. The van der Waals surface area contributed by atoms with Crippen LogP contribution in [0.25, 0.3) is 0 Å². The van der Waals surface area contributed by atoms with E-state index in [1.165, 1.54) is 67.9 Å². The predicted octanol–water partition coefficient (Wildman–Crippen LogP) is -1.03. The number of ether oxygens (including phenoxy) is 17. The number of esters is 16. The number of hydrogen-bond donors (Lipinski definition) is 0. The Morgan fingerprint density at radius 3 is 1.07 bits per heavy atom. The maximum Gasteiger partial charge on any atom is 0.344 e. The topological polar surface area (TPSA) is 430 Å². The fourth-order valence-corrected chi connectivity index (χ4v) is 16.7. The van der Waals surface area contributed by atoms with Gasteiger partial charge in [-0.2, -0.15) is 0 Å². The number of fused-ring (bicyclic) bond motifs is 4. The molecule has 0 aromatic heterocycles. The summed E-state index contributed by atoms with van der Waals surface area (Å²) in [5.74, 6) is -16.3. The number of carbonyl (C=O) groups is 16. The second kappa shape index (κ2) is 28.6. The lowest BCUT2D eigenvalue weighted by Gasteiger charge is -2.29. The summed E-state index contributed by atoms with van der Waals surface area (Å²) in [4.78, 5) is 189. The molecule has 96 heavy (non-hydrogen) atoms. The summed E-state index contributed by atoms with van der Waals surface area (Å²) in [5, 5.41) is -0.646. The molecule has 34 heteroatoms. The van der Waals surface area contributed by atoms with Gasteiger partial charge >= 0.3 is 95.5 Å². The molecule has 0 aromatic carbocycles. The third kappa shape index (κ3) is 13.4. The maximum absolute atomic E-state index is 12.0. The minimum absolute atomic E-state index is 0.143. The van der Waals surface area contributed by atoms with Crippen LogP contribution in [0.4, 0.5) is 0 Å². The molecule has 24 atom stereocenters. The predicted molar refractivity (Wildman–Crippen MR) is 305 cm³/mol. The van der Waals surface area contributed by atoms with Crippen LogP contribution in [-0.2, 0) is 157 Å². The van der Waals surface area contributed by atoms with Gasteiger partial charge in [0.05, 0.1) is 74.4 Å². The van der Waals surface area contributed by atoms with Crippen molar-refractivity contribution in [2.24, 2.45) is 71.0 Å². The van der Waals surface area contributed by atoms with Crippen molar-refractivity contribution < 1.29 is 157 Å². The van der Waals surface area contributed by atoms with Crippen LogP contribution in [-0.4, -0.2) is 222 Å². The zero-order valence-corrected chi connectivity index (χ0v) is 53.6. The fourth-order valence-electron chi connectivity index (χ4n) is 14.7. The molecule has 8 aliphatic heterocycles. The van der Waals surface area contributed by atoms with Gasteiger partial charge < -0.3 is 80.5 Å². The third-order valence-corrected chi connectivity index (χ3v) is 20.3. The summed E-state index contributed by atoms with van der Waals surface area (Å²) in [5.41, 5.74) is 0.642. The van der Waals surface area contributed by atoms with Crippen molar-refractivity contribution in [1.82, 2.24) is 0 Å². The zero-order valence-electron chi connectivity index (χ0n) is 52.8. The van der Waals surface area contributed by atoms with Crippen LogP contribution in [0.5, 0.6) is 0 Å². The van der Waals surface area contributed by atoms with E-state index in [9.17, 15) is 76.7 Å². The van der Waals surface area contributed by atoms with E-state index in [2.05, 4.69) is 26.3 Å². The molecule has 33 nitrogen and oxygen atoms in total. The van der Waals surface area contributed by atoms with Crippen molar-refractivity contribution >= 4 is 107 Å². The molecule has 0 amide bonds. The number of thioether (sulfide) groups is 1. The lowest BCUT2D eigenvalue weighted by atomic mass is 9.78. The molecule has 0 radical (unpaired) electrons. The van der Waals surface area contributed by atoms with E-state index in [0.29, 0.717) is 12.8 Å². The van der Waals surface area contributed by atoms with Gasteiger partial charge in [0, 0.05) is 46.0 Å². The molecule has 0 spiro atoms. The van der Waals surface area contributed by atoms with Crippen LogP contribution < -0.4 is 0 Å². The van der Waals surface area contributed by atoms with E-state index in [1.54, 1.807) is 0 Å². The highest BCUT2D eigenvalue weighted by Gasteiger charge is 2.74. The van der Waals surface area contributed by atoms with Crippen LogP contribution in [0, 0.1) is 71.0 Å². The maximum atomic E-state index is 12.0. The van der Waals surface area contributed by atoms with Gasteiger partial charge in [-0.1, -0.05) is 26.3 Å². The van der Waals surface area contributed by atoms with Gasteiger partial charge in [-0.05, 0) is 40.5 Å². The van der Waals surface area contributed by atoms with E-state index in [-0.39, 0.29) is 51.2 Å². The van der Waals surface area contributed by atoms with Gasteiger partial charge in [0.25, 0.3) is 0 Å². The number of rotatable bonds is 20. The van der Waals surface area contributed by atoms with Crippen molar-refractivity contribution in [2.45, 2.75) is 112 Å². The molecule has 12 fully saturated rings. The lowest BCUT2D eigenvalue weighted by molar-refractivity contribution is -0.171. The van der Waals surface area contributed by atoms with Gasteiger partial charge in [-0.25, -0.2) is 38.4 Å². The summed E-state index contributed by atoms with van der Waals surface area (Å²) in [6.07, 6.45) is -5.96. The first-order valence-corrected chi connectivity index (χ1v) is 30.9. The standard InChI is InChI=1S/2C16H18O8.C15H16O9.C15H16O8S/c2*1-6(2)14(18)22-5-9(17)23-12-7-4-8-11(10(7)15(19)21-3)16(20)24-13(8)12;1-5(2)13(17)21-4-6(16)22-11-9-7(14(18)20-3)8-10(23-9)12(11)24-15(8)19;1-5(2)13(17)21-4-6(16)22-9-10-12-8(15(19)23-10)7(11(9)24-12)14(18)20-3/h2*7-8,10-13H,1,4-5H2,2-3H3;2*7-12H,1,4H2,2-3H3. The fraction of sp³-hybridized carbons (Fsp3) is 0.613. The van der Waals surface area contributed by atoms with Gasteiger partial charge in [0.1, 0.15) is 48.5 Å². The molecule has 4 saturated carbocycles. The summed E-state index contributed by atoms with van der Waals surface area (Å²) < 4.78 is 85.8. The molecule has 8 heterocycles. The molecule has 0 aromatic rings. The Bertz CT molecular complexity index is 2930. The Labute approximate surface area is 549 Å². The van der Waals surface area contributed by atoms with Gasteiger partial charge in [-0.3, -0.25) is 38.4 Å². The summed E-state index contributed by atoms with van der Waals surface area (Å²) >= 11 is 1.40. The van der Waals surface area contributed by atoms with E-state index in [1.807, 2.05) is 0 Å². The summed E-state index contributed by atoms with van der Waals surface area (Å²) in [7, 11) is 4.95. The van der Waals surface area contributed by atoms with Crippen LogP contribution in [0.2, 0.25) is 0 Å². The number of carbonyl (C=O) groups excluding carboxylic acids is 16. The van der Waals surface area contributed by atoms with Crippen molar-refractivity contribution in [3.05, 3.63) is 48.6 Å². The van der Waals surface area contributed by atoms with Crippen LogP contribution in [0.15, 0.2) is 48.6 Å². The molecule has 4 aliphatic carbocycles. The minimum Gasteiger partial charge on any atom is -0.469 e. The Balaban J connectivity index is 0.000000150. The minimum atomic E-state index is -0.946. The second-order valence-corrected chi connectivity index (χ2v) is 25.8. The van der Waals surface area contributed by atoms with Crippen molar-refractivity contribution in [1.29, 1.82) is 0 Å². The molecule has 12 aliphatic rings. The third-order valence-electron chi connectivity index (χ3n) is 18.5. The lowest BCUT2D eigenvalue weighted by Crippen LogP contribution is -2.48. The molecule has 8 saturated heterocycles. The Morgan fingerprint density at radius 1 is 0.365 bits per heavy atom. The Morgan fingerprint density at radius 2 is 0.688 bits per heavy atom. The molecule has 0 N–H and O–H groups in total. The average molecular weight is 1370 g/mol. The highest BCUT2D eigenvalue weighted by Crippen LogP contribution is 2.62. The first kappa shape index (κ1) is 71.1. The Kier molecular flexibility index (Phi) is 21.2. The SMILES string of the molecule is C=C(C)C(=O)OCC(=O)OC1C2CC3C1OC(=O)C3C2C(=O)OC.C=C(C)C(=O)OCC(=O)OC1C2CC3C1OC(=O)C3C2C(=O)OC.C=C(C)C(=O)OCC(=O)OC1C2OC(=O)C3C2OC1C3C(=O)OC.C=C(C)C(=O)OCC(=O)OC1C2OC(=O)C3C2SC1C3C(=O)OC. The molecule has 12 rings (SSSR count). The van der Waals surface area contributed by atoms with Crippen molar-refractivity contribution in [3.8, 4) is 0 Å². The first-order valence-electron chi connectivity index (χ1n) is 29.9. The highest BCUT2D eigenvalue weighted by atomic mass is 32.2. The van der Waals surface area contributed by atoms with Crippen molar-refractivity contribution in [2.75, 3.05) is 54.9 Å². The van der Waals surface area contributed by atoms with E-state index < -0.39 is 236 Å². The van der Waals surface area contributed by atoms with Crippen LogP contribution in [0.1, 0.15) is 40.5 Å². The highest BCUT2D eigenvalue weighted by molar-refractivity contribution is 8.01. The number of methoxy groups -OCH3 is 4. The van der Waals surface area contributed by atoms with Gasteiger partial charge in [0.2, 0.25) is 0 Å².